The number of hydrogen-bond donors (Lipinski definition) is 1. The van der Waals surface area contributed by atoms with Crippen LogP contribution in [0.4, 0.5) is 0 Å². The molecule has 0 amide bonds. The average molecular weight is 250 g/mol. The lowest BCUT2D eigenvalue weighted by molar-refractivity contribution is 0.439. The number of aryl methyl sites for hydroxylation is 1. The summed E-state index contributed by atoms with van der Waals surface area (Å²) < 4.78 is 5.52. The van der Waals surface area contributed by atoms with E-state index in [1.807, 2.05) is 13.0 Å². The molecule has 2 rings (SSSR count). The minimum absolute atomic E-state index is 0.287. The van der Waals surface area contributed by atoms with Crippen molar-refractivity contribution in [2.75, 3.05) is 0 Å². The molecule has 17 heavy (non-hydrogen) atoms. The van der Waals surface area contributed by atoms with Crippen LogP contribution in [0.1, 0.15) is 11.3 Å². The van der Waals surface area contributed by atoms with E-state index in [1.54, 1.807) is 24.4 Å². The number of aromatic nitrogens is 2. The van der Waals surface area contributed by atoms with Crippen molar-refractivity contribution in [1.82, 2.24) is 9.97 Å². The highest BCUT2D eigenvalue weighted by Crippen LogP contribution is 2.23. The van der Waals surface area contributed by atoms with Crippen LogP contribution in [0.2, 0.25) is 5.02 Å². The smallest absolute Gasteiger partial charge is 0.322 e. The predicted molar refractivity (Wildman–Crippen MR) is 66.2 cm³/mol. The maximum atomic E-state index is 5.93. The van der Waals surface area contributed by atoms with E-state index in [0.717, 1.165) is 11.3 Å². The molecule has 0 radical (unpaired) electrons. The van der Waals surface area contributed by atoms with Crippen molar-refractivity contribution < 1.29 is 4.74 Å². The molecular weight excluding hydrogens is 238 g/mol. The molecule has 5 heteroatoms. The molecule has 0 unspecified atom stereocenters. The first-order valence-electron chi connectivity index (χ1n) is 5.15. The lowest BCUT2D eigenvalue weighted by atomic mass is 10.2. The zero-order valence-electron chi connectivity index (χ0n) is 9.35. The van der Waals surface area contributed by atoms with Gasteiger partial charge >= 0.3 is 6.01 Å². The standard InChI is InChI=1S/C12H12ClN3O/c1-8-6-10(2-3-11(8)13)17-12-15-5-4-9(7-14)16-12/h2-6H,7,14H2,1H3. The molecule has 0 aliphatic carbocycles. The molecule has 0 saturated heterocycles. The Morgan fingerprint density at radius 3 is 2.88 bits per heavy atom. The van der Waals surface area contributed by atoms with Crippen molar-refractivity contribution in [3.05, 3.63) is 46.7 Å². The highest BCUT2D eigenvalue weighted by molar-refractivity contribution is 6.31. The minimum Gasteiger partial charge on any atom is -0.424 e. The van der Waals surface area contributed by atoms with E-state index in [0.29, 0.717) is 17.3 Å². The number of rotatable bonds is 3. The van der Waals surface area contributed by atoms with Gasteiger partial charge in [-0.05, 0) is 36.8 Å². The van der Waals surface area contributed by atoms with Gasteiger partial charge in [0.2, 0.25) is 0 Å². The number of nitrogens with zero attached hydrogens (tertiary/aromatic N) is 2. The molecule has 0 aliphatic rings. The summed E-state index contributed by atoms with van der Waals surface area (Å²) in [6.07, 6.45) is 1.62. The normalized spacial score (nSPS) is 10.3. The molecule has 0 saturated carbocycles. The molecule has 2 aromatic rings. The molecule has 0 aliphatic heterocycles. The largest absolute Gasteiger partial charge is 0.424 e. The van der Waals surface area contributed by atoms with Gasteiger partial charge < -0.3 is 10.5 Å². The summed E-state index contributed by atoms with van der Waals surface area (Å²) in [6.45, 7) is 2.27. The van der Waals surface area contributed by atoms with E-state index in [4.69, 9.17) is 22.1 Å². The van der Waals surface area contributed by atoms with Crippen LogP contribution in [0.25, 0.3) is 0 Å². The summed E-state index contributed by atoms with van der Waals surface area (Å²) in [5.74, 6) is 0.654. The molecular formula is C12H12ClN3O. The van der Waals surface area contributed by atoms with E-state index in [2.05, 4.69) is 9.97 Å². The predicted octanol–water partition coefficient (Wildman–Crippen LogP) is 2.69. The number of benzene rings is 1. The highest BCUT2D eigenvalue weighted by Gasteiger charge is 2.03. The minimum atomic E-state index is 0.287. The Labute approximate surface area is 104 Å². The molecule has 1 aromatic carbocycles. The molecule has 0 spiro atoms. The second-order valence-electron chi connectivity index (χ2n) is 3.55. The Morgan fingerprint density at radius 2 is 2.18 bits per heavy atom. The molecule has 0 atom stereocenters. The van der Waals surface area contributed by atoms with Gasteiger partial charge in [-0.2, -0.15) is 4.98 Å². The third-order valence-electron chi connectivity index (χ3n) is 2.24. The first kappa shape index (κ1) is 11.8. The SMILES string of the molecule is Cc1cc(Oc2nccc(CN)n2)ccc1Cl. The molecule has 0 fully saturated rings. The van der Waals surface area contributed by atoms with E-state index >= 15 is 0 Å². The van der Waals surface area contributed by atoms with E-state index < -0.39 is 0 Å². The first-order valence-corrected chi connectivity index (χ1v) is 5.53. The van der Waals surface area contributed by atoms with E-state index in [-0.39, 0.29) is 6.01 Å². The zero-order chi connectivity index (χ0) is 12.3. The van der Waals surface area contributed by atoms with Crippen LogP contribution >= 0.6 is 11.6 Å². The quantitative estimate of drug-likeness (QED) is 0.909. The van der Waals surface area contributed by atoms with Crippen LogP contribution in [0.15, 0.2) is 30.5 Å². The number of hydrogen-bond acceptors (Lipinski definition) is 4. The maximum Gasteiger partial charge on any atom is 0.322 e. The Hall–Kier alpha value is -1.65. The van der Waals surface area contributed by atoms with Crippen molar-refractivity contribution in [2.45, 2.75) is 13.5 Å². The van der Waals surface area contributed by atoms with Crippen molar-refractivity contribution in [1.29, 1.82) is 0 Å². The Kier molecular flexibility index (Phi) is 3.56. The summed E-state index contributed by atoms with van der Waals surface area (Å²) in [7, 11) is 0. The zero-order valence-corrected chi connectivity index (χ0v) is 10.1. The first-order chi connectivity index (χ1) is 8.19. The lowest BCUT2D eigenvalue weighted by Crippen LogP contribution is -2.01. The Bertz CT molecular complexity index is 531. The summed E-state index contributed by atoms with van der Waals surface area (Å²) in [4.78, 5) is 8.16. The molecule has 2 N–H and O–H groups in total. The molecule has 1 aromatic heterocycles. The fourth-order valence-corrected chi connectivity index (χ4v) is 1.44. The Balaban J connectivity index is 2.22. The third-order valence-corrected chi connectivity index (χ3v) is 2.66. The molecule has 1 heterocycles. The van der Waals surface area contributed by atoms with Crippen LogP contribution in [0.3, 0.4) is 0 Å². The summed E-state index contributed by atoms with van der Waals surface area (Å²) in [5, 5.41) is 0.703. The van der Waals surface area contributed by atoms with Gasteiger partial charge in [-0.3, -0.25) is 0 Å². The molecule has 0 bridgehead atoms. The van der Waals surface area contributed by atoms with Gasteiger partial charge in [0.05, 0.1) is 5.69 Å². The van der Waals surface area contributed by atoms with Crippen LogP contribution in [0.5, 0.6) is 11.8 Å². The second kappa shape index (κ2) is 5.12. The number of nitrogens with two attached hydrogens (primary N) is 1. The fourth-order valence-electron chi connectivity index (χ4n) is 1.32. The summed E-state index contributed by atoms with van der Waals surface area (Å²) >= 11 is 5.93. The van der Waals surface area contributed by atoms with Crippen molar-refractivity contribution in [2.24, 2.45) is 5.73 Å². The lowest BCUT2D eigenvalue weighted by Gasteiger charge is -2.06. The summed E-state index contributed by atoms with van der Waals surface area (Å²) in [6, 6.07) is 7.42. The van der Waals surface area contributed by atoms with Crippen LogP contribution in [0, 0.1) is 6.92 Å². The average Bonchev–Trinajstić information content (AvgIpc) is 2.34. The van der Waals surface area contributed by atoms with Gasteiger partial charge in [-0.1, -0.05) is 11.6 Å². The van der Waals surface area contributed by atoms with Gasteiger partial charge in [-0.25, -0.2) is 4.98 Å². The topological polar surface area (TPSA) is 61.0 Å². The highest BCUT2D eigenvalue weighted by atomic mass is 35.5. The van der Waals surface area contributed by atoms with Crippen molar-refractivity contribution in [3.8, 4) is 11.8 Å². The van der Waals surface area contributed by atoms with Crippen LogP contribution in [-0.2, 0) is 6.54 Å². The van der Waals surface area contributed by atoms with Crippen LogP contribution < -0.4 is 10.5 Å². The van der Waals surface area contributed by atoms with Gasteiger partial charge in [0.25, 0.3) is 0 Å². The van der Waals surface area contributed by atoms with E-state index in [9.17, 15) is 0 Å². The third kappa shape index (κ3) is 2.93. The monoisotopic (exact) mass is 249 g/mol. The van der Waals surface area contributed by atoms with Gasteiger partial charge in [-0.15, -0.1) is 0 Å². The fraction of sp³-hybridized carbons (Fsp3) is 0.167. The van der Waals surface area contributed by atoms with Crippen molar-refractivity contribution in [3.63, 3.8) is 0 Å². The van der Waals surface area contributed by atoms with Gasteiger partial charge in [0.15, 0.2) is 0 Å². The van der Waals surface area contributed by atoms with Crippen molar-refractivity contribution >= 4 is 11.6 Å². The molecule has 88 valence electrons. The number of halogens is 1. The molecule has 4 nitrogen and oxygen atoms in total. The van der Waals surface area contributed by atoms with Crippen LogP contribution in [-0.4, -0.2) is 9.97 Å². The summed E-state index contributed by atoms with van der Waals surface area (Å²) in [5.41, 5.74) is 7.17. The Morgan fingerprint density at radius 1 is 1.35 bits per heavy atom. The number of ether oxygens (including phenoxy) is 1. The van der Waals surface area contributed by atoms with Gasteiger partial charge in [0, 0.05) is 17.8 Å². The maximum absolute atomic E-state index is 5.93. The van der Waals surface area contributed by atoms with Gasteiger partial charge in [0.1, 0.15) is 5.75 Å². The second-order valence-corrected chi connectivity index (χ2v) is 3.95. The van der Waals surface area contributed by atoms with E-state index in [1.165, 1.54) is 0 Å².